The maximum absolute atomic E-state index is 4.43. The Morgan fingerprint density at radius 2 is 2.13 bits per heavy atom. The van der Waals surface area contributed by atoms with Gasteiger partial charge in [-0.2, -0.15) is 5.10 Å². The van der Waals surface area contributed by atoms with E-state index in [4.69, 9.17) is 0 Å². The van der Waals surface area contributed by atoms with Crippen LogP contribution in [0.3, 0.4) is 0 Å². The topological polar surface area (TPSA) is 30.7 Å². The summed E-state index contributed by atoms with van der Waals surface area (Å²) in [5.41, 5.74) is 0. The van der Waals surface area contributed by atoms with Gasteiger partial charge in [0, 0.05) is 16.8 Å². The van der Waals surface area contributed by atoms with E-state index in [9.17, 15) is 0 Å². The van der Waals surface area contributed by atoms with Crippen LogP contribution in [0.15, 0.2) is 6.33 Å². The third kappa shape index (κ3) is 2.25. The highest BCUT2D eigenvalue weighted by atomic mass is 79.9. The van der Waals surface area contributed by atoms with E-state index in [2.05, 4.69) is 44.5 Å². The SMILES string of the molecule is CC(C)n1ncnc1C1CCCCC1Br. The van der Waals surface area contributed by atoms with Crippen LogP contribution < -0.4 is 0 Å². The van der Waals surface area contributed by atoms with E-state index in [0.29, 0.717) is 16.8 Å². The first kappa shape index (κ1) is 11.1. The molecule has 1 saturated carbocycles. The van der Waals surface area contributed by atoms with Gasteiger partial charge in [0.15, 0.2) is 0 Å². The summed E-state index contributed by atoms with van der Waals surface area (Å²) in [6.07, 6.45) is 6.83. The van der Waals surface area contributed by atoms with Gasteiger partial charge in [0.25, 0.3) is 0 Å². The molecule has 1 aliphatic rings. The Morgan fingerprint density at radius 3 is 2.80 bits per heavy atom. The minimum Gasteiger partial charge on any atom is -0.247 e. The van der Waals surface area contributed by atoms with E-state index in [1.807, 2.05) is 0 Å². The van der Waals surface area contributed by atoms with Crippen molar-refractivity contribution in [1.29, 1.82) is 0 Å². The second kappa shape index (κ2) is 4.64. The number of alkyl halides is 1. The third-order valence-corrected chi connectivity index (χ3v) is 4.20. The molecule has 2 unspecified atom stereocenters. The van der Waals surface area contributed by atoms with Crippen molar-refractivity contribution >= 4 is 15.9 Å². The van der Waals surface area contributed by atoms with Gasteiger partial charge in [-0.1, -0.05) is 28.8 Å². The summed E-state index contributed by atoms with van der Waals surface area (Å²) in [5.74, 6) is 1.70. The highest BCUT2D eigenvalue weighted by Crippen LogP contribution is 2.36. The molecule has 0 radical (unpaired) electrons. The molecule has 0 aliphatic heterocycles. The highest BCUT2D eigenvalue weighted by Gasteiger charge is 2.28. The smallest absolute Gasteiger partial charge is 0.138 e. The molecular weight excluding hydrogens is 254 g/mol. The lowest BCUT2D eigenvalue weighted by Gasteiger charge is -2.27. The molecule has 0 bridgehead atoms. The number of hydrogen-bond donors (Lipinski definition) is 0. The molecule has 3 nitrogen and oxygen atoms in total. The molecule has 84 valence electrons. The largest absolute Gasteiger partial charge is 0.247 e. The van der Waals surface area contributed by atoms with Gasteiger partial charge in [-0.25, -0.2) is 9.67 Å². The van der Waals surface area contributed by atoms with Crippen LogP contribution in [-0.2, 0) is 0 Å². The zero-order valence-electron chi connectivity index (χ0n) is 9.36. The van der Waals surface area contributed by atoms with Gasteiger partial charge in [0.2, 0.25) is 0 Å². The van der Waals surface area contributed by atoms with Crippen LogP contribution in [0.25, 0.3) is 0 Å². The fourth-order valence-electron chi connectivity index (χ4n) is 2.30. The van der Waals surface area contributed by atoms with E-state index in [1.165, 1.54) is 25.7 Å². The van der Waals surface area contributed by atoms with Crippen LogP contribution in [0.4, 0.5) is 0 Å². The van der Waals surface area contributed by atoms with Crippen LogP contribution in [0, 0.1) is 0 Å². The summed E-state index contributed by atoms with van der Waals surface area (Å²) in [5, 5.41) is 4.31. The van der Waals surface area contributed by atoms with E-state index in [-0.39, 0.29) is 0 Å². The number of rotatable bonds is 2. The Balaban J connectivity index is 2.23. The van der Waals surface area contributed by atoms with E-state index < -0.39 is 0 Å². The molecule has 1 aromatic rings. The summed E-state index contributed by atoms with van der Waals surface area (Å²) in [6.45, 7) is 4.31. The maximum Gasteiger partial charge on any atom is 0.138 e. The zero-order valence-corrected chi connectivity index (χ0v) is 10.9. The Hall–Kier alpha value is -0.380. The summed E-state index contributed by atoms with van der Waals surface area (Å²) >= 11 is 3.78. The number of halogens is 1. The highest BCUT2D eigenvalue weighted by molar-refractivity contribution is 9.09. The van der Waals surface area contributed by atoms with Crippen molar-refractivity contribution in [1.82, 2.24) is 14.8 Å². The van der Waals surface area contributed by atoms with Crippen molar-refractivity contribution in [2.24, 2.45) is 0 Å². The molecule has 0 saturated heterocycles. The summed E-state index contributed by atoms with van der Waals surface area (Å²) in [7, 11) is 0. The molecule has 1 heterocycles. The Kier molecular flexibility index (Phi) is 3.44. The Labute approximate surface area is 99.4 Å². The van der Waals surface area contributed by atoms with Gasteiger partial charge < -0.3 is 0 Å². The number of nitrogens with zero attached hydrogens (tertiary/aromatic N) is 3. The lowest BCUT2D eigenvalue weighted by Crippen LogP contribution is -2.22. The monoisotopic (exact) mass is 271 g/mol. The molecule has 2 rings (SSSR count). The second-order valence-electron chi connectivity index (χ2n) is 4.56. The quantitative estimate of drug-likeness (QED) is 0.773. The summed E-state index contributed by atoms with van der Waals surface area (Å²) < 4.78 is 2.06. The van der Waals surface area contributed by atoms with Gasteiger partial charge in [-0.15, -0.1) is 0 Å². The summed E-state index contributed by atoms with van der Waals surface area (Å²) in [4.78, 5) is 5.01. The van der Waals surface area contributed by atoms with E-state index in [1.54, 1.807) is 6.33 Å². The standard InChI is InChI=1S/C11H18BrN3/c1-8(2)15-11(13-7-14-15)9-5-3-4-6-10(9)12/h7-10H,3-6H2,1-2H3. The van der Waals surface area contributed by atoms with Crippen molar-refractivity contribution in [2.45, 2.75) is 56.3 Å². The van der Waals surface area contributed by atoms with Gasteiger partial charge in [0.05, 0.1) is 0 Å². The van der Waals surface area contributed by atoms with E-state index >= 15 is 0 Å². The Morgan fingerprint density at radius 1 is 1.40 bits per heavy atom. The molecule has 4 heteroatoms. The molecule has 2 atom stereocenters. The van der Waals surface area contributed by atoms with Gasteiger partial charge in [0.1, 0.15) is 12.2 Å². The fraction of sp³-hybridized carbons (Fsp3) is 0.818. The van der Waals surface area contributed by atoms with Crippen molar-refractivity contribution in [3.63, 3.8) is 0 Å². The zero-order chi connectivity index (χ0) is 10.8. The van der Waals surface area contributed by atoms with Gasteiger partial charge in [-0.05, 0) is 26.7 Å². The van der Waals surface area contributed by atoms with Crippen LogP contribution in [0.2, 0.25) is 0 Å². The van der Waals surface area contributed by atoms with Gasteiger partial charge in [-0.3, -0.25) is 0 Å². The molecule has 0 N–H and O–H groups in total. The normalized spacial score (nSPS) is 27.2. The van der Waals surface area contributed by atoms with Crippen molar-refractivity contribution < 1.29 is 0 Å². The van der Waals surface area contributed by atoms with Gasteiger partial charge >= 0.3 is 0 Å². The molecule has 0 aromatic carbocycles. The molecular formula is C11H18BrN3. The maximum atomic E-state index is 4.43. The molecule has 15 heavy (non-hydrogen) atoms. The van der Waals surface area contributed by atoms with Crippen molar-refractivity contribution in [2.75, 3.05) is 0 Å². The third-order valence-electron chi connectivity index (χ3n) is 3.10. The average molecular weight is 272 g/mol. The van der Waals surface area contributed by atoms with Crippen LogP contribution in [-0.4, -0.2) is 19.6 Å². The predicted molar refractivity (Wildman–Crippen MR) is 64.3 cm³/mol. The minimum atomic E-state index is 0.407. The summed E-state index contributed by atoms with van der Waals surface area (Å²) in [6, 6.07) is 0.407. The van der Waals surface area contributed by atoms with Crippen molar-refractivity contribution in [3.8, 4) is 0 Å². The lowest BCUT2D eigenvalue weighted by atomic mass is 9.88. The first-order chi connectivity index (χ1) is 7.20. The van der Waals surface area contributed by atoms with Crippen LogP contribution in [0.5, 0.6) is 0 Å². The first-order valence-corrected chi connectivity index (χ1v) is 6.65. The van der Waals surface area contributed by atoms with E-state index in [0.717, 1.165) is 5.82 Å². The molecule has 0 spiro atoms. The number of hydrogen-bond acceptors (Lipinski definition) is 2. The minimum absolute atomic E-state index is 0.407. The van der Waals surface area contributed by atoms with Crippen LogP contribution in [0.1, 0.15) is 57.3 Å². The molecule has 1 aliphatic carbocycles. The average Bonchev–Trinajstić information content (AvgIpc) is 2.67. The fourth-order valence-corrected chi connectivity index (χ4v) is 3.12. The van der Waals surface area contributed by atoms with Crippen molar-refractivity contribution in [3.05, 3.63) is 12.2 Å². The lowest BCUT2D eigenvalue weighted by molar-refractivity contribution is 0.406. The molecule has 0 amide bonds. The first-order valence-electron chi connectivity index (χ1n) is 5.73. The second-order valence-corrected chi connectivity index (χ2v) is 5.74. The predicted octanol–water partition coefficient (Wildman–Crippen LogP) is 3.28. The molecule has 1 aromatic heterocycles. The van der Waals surface area contributed by atoms with Crippen LogP contribution >= 0.6 is 15.9 Å². The molecule has 1 fully saturated rings. The Bertz CT molecular complexity index is 321. The number of aromatic nitrogens is 3.